The number of methoxy groups -OCH3 is 1. The van der Waals surface area contributed by atoms with Crippen LogP contribution in [-0.4, -0.2) is 18.4 Å². The quantitative estimate of drug-likeness (QED) is 0.795. The van der Waals surface area contributed by atoms with Crippen LogP contribution in [0.15, 0.2) is 59.6 Å². The minimum atomic E-state index is -0.282. The summed E-state index contributed by atoms with van der Waals surface area (Å²) in [6.07, 6.45) is 4.89. The molecule has 0 N–H and O–H groups in total. The van der Waals surface area contributed by atoms with Crippen molar-refractivity contribution >= 4 is 17.5 Å². The molecule has 2 aromatic rings. The number of nitrogens with zero attached hydrogens (tertiary/aromatic N) is 1. The summed E-state index contributed by atoms with van der Waals surface area (Å²) in [7, 11) is 1.67. The molecule has 0 radical (unpaired) electrons. The summed E-state index contributed by atoms with van der Waals surface area (Å²) in [5.41, 5.74) is 2.73. The lowest BCUT2D eigenvalue weighted by Gasteiger charge is -2.24. The summed E-state index contributed by atoms with van der Waals surface area (Å²) in [4.78, 5) is 4.76. The zero-order chi connectivity index (χ0) is 16.3. The Hall–Kier alpha value is -2.55. The molecule has 3 heteroatoms. The zero-order valence-electron chi connectivity index (χ0n) is 13.7. The molecule has 1 heterocycles. The molecule has 2 aromatic carbocycles. The van der Waals surface area contributed by atoms with Gasteiger partial charge in [0.1, 0.15) is 22.8 Å². The third-order valence-corrected chi connectivity index (χ3v) is 3.71. The van der Waals surface area contributed by atoms with E-state index in [4.69, 9.17) is 14.5 Å². The third kappa shape index (κ3) is 3.81. The van der Waals surface area contributed by atoms with Gasteiger partial charge in [-0.05, 0) is 49.8 Å². The van der Waals surface area contributed by atoms with Crippen molar-refractivity contribution in [3.8, 4) is 11.5 Å². The normalized spacial score (nSPS) is 16.2. The molecular weight excluding hydrogens is 286 g/mol. The lowest BCUT2D eigenvalue weighted by Crippen LogP contribution is -2.29. The largest absolute Gasteiger partial charge is 0.497 e. The molecule has 0 fully saturated rings. The maximum atomic E-state index is 6.09. The van der Waals surface area contributed by atoms with Crippen LogP contribution >= 0.6 is 0 Å². The molecule has 0 spiro atoms. The number of aliphatic imine (C=N–C) groups is 1. The average Bonchev–Trinajstić information content (AvgIpc) is 2.67. The second kappa shape index (κ2) is 6.29. The fourth-order valence-electron chi connectivity index (χ4n) is 2.60. The molecule has 0 amide bonds. The van der Waals surface area contributed by atoms with Gasteiger partial charge in [-0.2, -0.15) is 0 Å². The Balaban J connectivity index is 1.88. The number of para-hydroxylation sites is 2. The van der Waals surface area contributed by atoms with Crippen molar-refractivity contribution < 1.29 is 9.47 Å². The second-order valence-electron chi connectivity index (χ2n) is 6.22. The zero-order valence-corrected chi connectivity index (χ0v) is 13.7. The molecule has 0 atom stereocenters. The van der Waals surface area contributed by atoms with Crippen LogP contribution in [0, 0.1) is 0 Å². The number of ether oxygens (including phenoxy) is 2. The van der Waals surface area contributed by atoms with E-state index in [1.165, 1.54) is 0 Å². The van der Waals surface area contributed by atoms with Gasteiger partial charge < -0.3 is 9.47 Å². The molecule has 0 aliphatic carbocycles. The van der Waals surface area contributed by atoms with Gasteiger partial charge in [-0.25, -0.2) is 4.99 Å². The number of hydrogen-bond donors (Lipinski definition) is 0. The van der Waals surface area contributed by atoms with Crippen LogP contribution in [0.1, 0.15) is 25.8 Å². The van der Waals surface area contributed by atoms with Crippen LogP contribution in [0.5, 0.6) is 11.5 Å². The fraction of sp³-hybridized carbons (Fsp3) is 0.250. The molecule has 0 aromatic heterocycles. The van der Waals surface area contributed by atoms with Crippen molar-refractivity contribution in [2.24, 2.45) is 4.99 Å². The highest BCUT2D eigenvalue weighted by Gasteiger charge is 2.25. The molecule has 3 rings (SSSR count). The molecule has 1 aliphatic heterocycles. The minimum absolute atomic E-state index is 0.282. The van der Waals surface area contributed by atoms with Crippen molar-refractivity contribution in [3.63, 3.8) is 0 Å². The van der Waals surface area contributed by atoms with Gasteiger partial charge in [0.2, 0.25) is 0 Å². The van der Waals surface area contributed by atoms with E-state index in [2.05, 4.69) is 26.0 Å². The van der Waals surface area contributed by atoms with Gasteiger partial charge >= 0.3 is 0 Å². The Morgan fingerprint density at radius 2 is 1.78 bits per heavy atom. The highest BCUT2D eigenvalue weighted by Crippen LogP contribution is 2.35. The third-order valence-electron chi connectivity index (χ3n) is 3.71. The number of hydrogen-bond acceptors (Lipinski definition) is 3. The maximum Gasteiger partial charge on any atom is 0.145 e. The van der Waals surface area contributed by atoms with Gasteiger partial charge in [0.05, 0.1) is 7.11 Å². The van der Waals surface area contributed by atoms with E-state index >= 15 is 0 Å². The van der Waals surface area contributed by atoms with Crippen LogP contribution in [0.2, 0.25) is 0 Å². The predicted octanol–water partition coefficient (Wildman–Crippen LogP) is 5.04. The van der Waals surface area contributed by atoms with Gasteiger partial charge in [-0.3, -0.25) is 0 Å². The van der Waals surface area contributed by atoms with Crippen molar-refractivity contribution in [1.82, 2.24) is 0 Å². The first-order valence-electron chi connectivity index (χ1n) is 7.73. The predicted molar refractivity (Wildman–Crippen MR) is 94.9 cm³/mol. The summed E-state index contributed by atoms with van der Waals surface area (Å²) < 4.78 is 11.3. The molecule has 0 saturated heterocycles. The van der Waals surface area contributed by atoms with Gasteiger partial charge in [-0.15, -0.1) is 0 Å². The first-order chi connectivity index (χ1) is 11.1. The SMILES string of the molecule is COc1ccc(/C=C/C2=Nc3ccccc3OC(C)(C)C2)cc1. The minimum Gasteiger partial charge on any atom is -0.497 e. The smallest absolute Gasteiger partial charge is 0.145 e. The summed E-state index contributed by atoms with van der Waals surface area (Å²) in [6.45, 7) is 4.18. The Morgan fingerprint density at radius 3 is 2.52 bits per heavy atom. The molecule has 0 bridgehead atoms. The van der Waals surface area contributed by atoms with E-state index in [0.29, 0.717) is 0 Å². The highest BCUT2D eigenvalue weighted by molar-refractivity contribution is 6.01. The highest BCUT2D eigenvalue weighted by atomic mass is 16.5. The van der Waals surface area contributed by atoms with Crippen LogP contribution in [-0.2, 0) is 0 Å². The molecule has 1 aliphatic rings. The van der Waals surface area contributed by atoms with E-state index in [0.717, 1.165) is 34.9 Å². The van der Waals surface area contributed by atoms with Gasteiger partial charge in [-0.1, -0.05) is 30.3 Å². The first-order valence-corrected chi connectivity index (χ1v) is 7.73. The lowest BCUT2D eigenvalue weighted by molar-refractivity contribution is 0.120. The standard InChI is InChI=1S/C20H21NO2/c1-20(2)14-16(21-18-6-4-5-7-19(18)23-20)11-8-15-9-12-17(22-3)13-10-15/h4-13H,14H2,1-3H3/b11-8+. The van der Waals surface area contributed by atoms with Crippen molar-refractivity contribution in [1.29, 1.82) is 0 Å². The number of fused-ring (bicyclic) bond motifs is 1. The van der Waals surface area contributed by atoms with Crippen molar-refractivity contribution in [2.75, 3.05) is 7.11 Å². The van der Waals surface area contributed by atoms with Crippen molar-refractivity contribution in [2.45, 2.75) is 25.9 Å². The van der Waals surface area contributed by atoms with Gasteiger partial charge in [0, 0.05) is 12.1 Å². The van der Waals surface area contributed by atoms with Crippen LogP contribution in [0.25, 0.3) is 6.08 Å². The Labute approximate surface area is 137 Å². The van der Waals surface area contributed by atoms with Crippen molar-refractivity contribution in [3.05, 3.63) is 60.2 Å². The van der Waals surface area contributed by atoms with E-state index in [-0.39, 0.29) is 5.60 Å². The van der Waals surface area contributed by atoms with Crippen LogP contribution < -0.4 is 9.47 Å². The van der Waals surface area contributed by atoms with E-state index in [1.54, 1.807) is 7.11 Å². The number of benzene rings is 2. The maximum absolute atomic E-state index is 6.09. The monoisotopic (exact) mass is 307 g/mol. The molecule has 3 nitrogen and oxygen atoms in total. The Bertz CT molecular complexity index is 742. The number of rotatable bonds is 3. The summed E-state index contributed by atoms with van der Waals surface area (Å²) in [5, 5.41) is 0. The fourth-order valence-corrected chi connectivity index (χ4v) is 2.60. The lowest BCUT2D eigenvalue weighted by atomic mass is 10.0. The summed E-state index contributed by atoms with van der Waals surface area (Å²) in [5.74, 6) is 1.70. The summed E-state index contributed by atoms with van der Waals surface area (Å²) in [6, 6.07) is 15.9. The van der Waals surface area contributed by atoms with E-state index in [1.807, 2.05) is 48.5 Å². The average molecular weight is 307 g/mol. The number of allylic oxidation sites excluding steroid dienone is 1. The van der Waals surface area contributed by atoms with E-state index in [9.17, 15) is 0 Å². The Kier molecular flexibility index (Phi) is 4.20. The molecule has 0 unspecified atom stereocenters. The summed E-state index contributed by atoms with van der Waals surface area (Å²) >= 11 is 0. The second-order valence-corrected chi connectivity index (χ2v) is 6.22. The molecular formula is C20H21NO2. The molecule has 23 heavy (non-hydrogen) atoms. The molecule has 0 saturated carbocycles. The van der Waals surface area contributed by atoms with Gasteiger partial charge in [0.15, 0.2) is 0 Å². The van der Waals surface area contributed by atoms with Crippen LogP contribution in [0.3, 0.4) is 0 Å². The van der Waals surface area contributed by atoms with Gasteiger partial charge in [0.25, 0.3) is 0 Å². The Morgan fingerprint density at radius 1 is 1.04 bits per heavy atom. The topological polar surface area (TPSA) is 30.8 Å². The molecule has 118 valence electrons. The first kappa shape index (κ1) is 15.3. The van der Waals surface area contributed by atoms with E-state index < -0.39 is 0 Å². The van der Waals surface area contributed by atoms with Crippen LogP contribution in [0.4, 0.5) is 5.69 Å².